The number of benzene rings is 2. The molecule has 4 rings (SSSR count). The van der Waals surface area contributed by atoms with Crippen molar-refractivity contribution in [1.82, 2.24) is 20.0 Å². The average Bonchev–Trinajstić information content (AvgIpc) is 3.43. The maximum absolute atomic E-state index is 15.2. The fourth-order valence-corrected chi connectivity index (χ4v) is 7.16. The summed E-state index contributed by atoms with van der Waals surface area (Å²) in [6.45, 7) is 2.87. The van der Waals surface area contributed by atoms with Crippen LogP contribution in [0.2, 0.25) is 0 Å². The number of nitrogens with zero attached hydrogens (tertiary/aromatic N) is 2. The van der Waals surface area contributed by atoms with E-state index in [4.69, 9.17) is 13.8 Å². The van der Waals surface area contributed by atoms with Gasteiger partial charge >= 0.3 is 19.4 Å². The first-order valence-electron chi connectivity index (χ1n) is 19.6. The molecule has 4 unspecified atom stereocenters. The first kappa shape index (κ1) is 45.9. The molecule has 0 bridgehead atoms. The van der Waals surface area contributed by atoms with Gasteiger partial charge in [0.05, 0.1) is 6.61 Å². The molecule has 1 saturated heterocycles. The van der Waals surface area contributed by atoms with E-state index in [0.717, 1.165) is 50.1 Å². The van der Waals surface area contributed by atoms with E-state index < -0.39 is 44.4 Å². The molecule has 1 aromatic heterocycles. The van der Waals surface area contributed by atoms with Crippen LogP contribution in [-0.2, 0) is 18.6 Å². The second kappa shape index (κ2) is 24.2. The predicted octanol–water partition coefficient (Wildman–Crippen LogP) is 8.99. The van der Waals surface area contributed by atoms with Gasteiger partial charge in [-0.05, 0) is 69.4 Å². The Hall–Kier alpha value is -4.78. The van der Waals surface area contributed by atoms with Gasteiger partial charge in [-0.1, -0.05) is 116 Å². The smallest absolute Gasteiger partial charge is 0.413 e. The molecule has 2 heterocycles. The highest BCUT2D eigenvalue weighted by molar-refractivity contribution is 7.52. The minimum Gasteiger partial charge on any atom is -0.413 e. The number of halogens is 2. The molecule has 4 atom stereocenters. The summed E-state index contributed by atoms with van der Waals surface area (Å²) in [5.41, 5.74) is -0.661. The Labute approximate surface area is 339 Å². The van der Waals surface area contributed by atoms with Crippen LogP contribution < -0.4 is 20.6 Å². The molecule has 0 radical (unpaired) electrons. The molecule has 14 heteroatoms. The number of aliphatic hydroxyl groups excluding tert-OH is 1. The van der Waals surface area contributed by atoms with Crippen molar-refractivity contribution in [2.45, 2.75) is 89.6 Å². The van der Waals surface area contributed by atoms with Crippen LogP contribution in [0.5, 0.6) is 5.75 Å². The van der Waals surface area contributed by atoms with Crippen molar-refractivity contribution < 1.29 is 37.0 Å². The Morgan fingerprint density at radius 1 is 0.897 bits per heavy atom. The van der Waals surface area contributed by atoms with Gasteiger partial charge in [0.25, 0.3) is 0 Å². The molecule has 1 aliphatic rings. The van der Waals surface area contributed by atoms with Gasteiger partial charge in [-0.3, -0.25) is 13.9 Å². The Bertz CT molecular complexity index is 2040. The first-order chi connectivity index (χ1) is 28.0. The quantitative estimate of drug-likeness (QED) is 0.0459. The molecular formula is C44H55F2N4O7P. The van der Waals surface area contributed by atoms with E-state index in [2.05, 4.69) is 83.1 Å². The third kappa shape index (κ3) is 14.9. The van der Waals surface area contributed by atoms with Crippen molar-refractivity contribution in [3.05, 3.63) is 144 Å². The van der Waals surface area contributed by atoms with E-state index in [1.807, 2.05) is 30.4 Å². The fraction of sp³-hybridized carbons (Fsp3) is 0.386. The van der Waals surface area contributed by atoms with Gasteiger partial charge in [0, 0.05) is 36.8 Å². The summed E-state index contributed by atoms with van der Waals surface area (Å²) in [6.07, 6.45) is 26.6. The lowest BCUT2D eigenvalue weighted by molar-refractivity contribution is -0.140. The maximum Gasteiger partial charge on any atom is 0.458 e. The van der Waals surface area contributed by atoms with Crippen LogP contribution >= 0.6 is 7.75 Å². The van der Waals surface area contributed by atoms with Crippen LogP contribution in [0.1, 0.15) is 70.2 Å². The molecule has 58 heavy (non-hydrogen) atoms. The molecule has 1 aliphatic heterocycles. The molecular weight excluding hydrogens is 765 g/mol. The van der Waals surface area contributed by atoms with Gasteiger partial charge in [-0.25, -0.2) is 14.4 Å². The van der Waals surface area contributed by atoms with Gasteiger partial charge in [0.2, 0.25) is 12.1 Å². The van der Waals surface area contributed by atoms with Gasteiger partial charge in [-0.15, -0.1) is 0 Å². The molecule has 0 saturated carbocycles. The lowest BCUT2D eigenvalue weighted by atomic mass is 10.1. The number of allylic oxidation sites excluding steroid dienone is 12. The van der Waals surface area contributed by atoms with Crippen molar-refractivity contribution in [2.24, 2.45) is 0 Å². The summed E-state index contributed by atoms with van der Waals surface area (Å²) in [5.74, 6) is -3.93. The molecule has 1 amide bonds. The Morgan fingerprint density at radius 2 is 1.50 bits per heavy atom. The van der Waals surface area contributed by atoms with Crippen LogP contribution in [0.4, 0.5) is 8.78 Å². The molecule has 3 aromatic rings. The van der Waals surface area contributed by atoms with Gasteiger partial charge < -0.3 is 19.7 Å². The average molecular weight is 821 g/mol. The van der Waals surface area contributed by atoms with Crippen LogP contribution in [-0.4, -0.2) is 58.4 Å². The van der Waals surface area contributed by atoms with Crippen LogP contribution in [0, 0.1) is 6.92 Å². The molecule has 312 valence electrons. The zero-order valence-corrected chi connectivity index (χ0v) is 34.0. The van der Waals surface area contributed by atoms with E-state index in [1.54, 1.807) is 24.3 Å². The number of amides is 1. The standard InChI is InChI=1S/C44H55F2N4O7P/c1-3-4-5-6-7-8-9-10-11-12-13-14-15-16-17-18-19-20-21-29-40(51)47-31-32-48-58(54,57-38-28-24-26-36-25-22-23-27-37(36)38)55-34-39-41(52)44(45,46)42(56-39)50-33-30-35(2)49-43(50)53/h4-5,7-8,10-11,13-14,16-17,19-20,22-28,30,33,39,41-42,52H,3,6,9,12,15,18,21,29,31-32,34H2,1-2H3,(H,47,51)(H,48,54). The van der Waals surface area contributed by atoms with Crippen LogP contribution in [0.15, 0.2) is 132 Å². The van der Waals surface area contributed by atoms with Crippen molar-refractivity contribution >= 4 is 24.4 Å². The summed E-state index contributed by atoms with van der Waals surface area (Å²) in [4.78, 5) is 28.5. The normalized spacial score (nSPS) is 19.5. The number of fused-ring (bicyclic) bond motifs is 1. The number of rotatable bonds is 24. The van der Waals surface area contributed by atoms with E-state index >= 15 is 8.78 Å². The number of aromatic nitrogens is 2. The van der Waals surface area contributed by atoms with E-state index in [1.165, 1.54) is 13.0 Å². The number of carbonyl (C=O) groups excluding carboxylic acids is 1. The zero-order valence-electron chi connectivity index (χ0n) is 33.1. The summed E-state index contributed by atoms with van der Waals surface area (Å²) in [5, 5.41) is 17.4. The summed E-state index contributed by atoms with van der Waals surface area (Å²) in [6, 6.07) is 13.7. The van der Waals surface area contributed by atoms with Gasteiger partial charge in [-0.2, -0.15) is 13.8 Å². The number of hydrogen-bond acceptors (Lipinski definition) is 8. The molecule has 3 N–H and O–H groups in total. The third-order valence-corrected chi connectivity index (χ3v) is 10.4. The lowest BCUT2D eigenvalue weighted by Gasteiger charge is -2.23. The highest BCUT2D eigenvalue weighted by Gasteiger charge is 2.60. The number of aryl methyl sites for hydroxylation is 1. The van der Waals surface area contributed by atoms with Crippen molar-refractivity contribution in [2.75, 3.05) is 19.7 Å². The maximum atomic E-state index is 15.2. The minimum atomic E-state index is -4.34. The molecule has 0 aliphatic carbocycles. The summed E-state index contributed by atoms with van der Waals surface area (Å²) < 4.78 is 62.0. The van der Waals surface area contributed by atoms with E-state index in [-0.39, 0.29) is 31.2 Å². The number of alkyl halides is 2. The number of aliphatic hydroxyl groups is 1. The molecule has 1 fully saturated rings. The second-order valence-electron chi connectivity index (χ2n) is 13.5. The van der Waals surface area contributed by atoms with Crippen molar-refractivity contribution in [3.63, 3.8) is 0 Å². The summed E-state index contributed by atoms with van der Waals surface area (Å²) in [7, 11) is -4.34. The van der Waals surface area contributed by atoms with Crippen LogP contribution in [0.25, 0.3) is 10.8 Å². The van der Waals surface area contributed by atoms with Gasteiger partial charge in [0.1, 0.15) is 11.9 Å². The summed E-state index contributed by atoms with van der Waals surface area (Å²) >= 11 is 0. The molecule has 11 nitrogen and oxygen atoms in total. The zero-order chi connectivity index (χ0) is 41.6. The van der Waals surface area contributed by atoms with E-state index in [0.29, 0.717) is 22.1 Å². The Kier molecular flexibility index (Phi) is 19.2. The van der Waals surface area contributed by atoms with Crippen molar-refractivity contribution in [1.29, 1.82) is 0 Å². The number of hydrogen-bond donors (Lipinski definition) is 3. The first-order valence-corrected chi connectivity index (χ1v) is 21.2. The SMILES string of the molecule is CCC=CCC=CCC=CCC=CCC=CCC=CCCC(=O)NCCNP(=O)(OCC1OC(n2ccc(C)nc2=O)C(F)(F)C1O)Oc1cccc2ccccc12. The Balaban J connectivity index is 1.21. The second-order valence-corrected chi connectivity index (χ2v) is 15.2. The Morgan fingerprint density at radius 3 is 2.14 bits per heavy atom. The number of ether oxygens (including phenoxy) is 1. The highest BCUT2D eigenvalue weighted by Crippen LogP contribution is 2.48. The molecule has 0 spiro atoms. The predicted molar refractivity (Wildman–Crippen MR) is 225 cm³/mol. The molecule has 2 aromatic carbocycles. The topological polar surface area (TPSA) is 141 Å². The monoisotopic (exact) mass is 820 g/mol. The van der Waals surface area contributed by atoms with Gasteiger partial charge in [0.15, 0.2) is 6.10 Å². The number of carbonyl (C=O) groups is 1. The number of nitrogens with one attached hydrogen (secondary N) is 2. The third-order valence-electron chi connectivity index (χ3n) is 8.87. The van der Waals surface area contributed by atoms with Crippen molar-refractivity contribution in [3.8, 4) is 5.75 Å². The largest absolute Gasteiger partial charge is 0.458 e. The minimum absolute atomic E-state index is 0.0564. The fourth-order valence-electron chi connectivity index (χ4n) is 5.80. The highest BCUT2D eigenvalue weighted by atomic mass is 31.2. The lowest BCUT2D eigenvalue weighted by Crippen LogP contribution is -2.42. The van der Waals surface area contributed by atoms with Crippen LogP contribution in [0.3, 0.4) is 0 Å². The van der Waals surface area contributed by atoms with E-state index in [9.17, 15) is 19.3 Å².